The third-order valence-electron chi connectivity index (χ3n) is 11.0. The average Bonchev–Trinajstić information content (AvgIpc) is 3.11. The molecule has 1 aliphatic carbocycles. The van der Waals surface area contributed by atoms with Crippen LogP contribution in [0, 0.1) is 11.2 Å². The smallest absolute Gasteiger partial charge is 0.410 e. The lowest BCUT2D eigenvalue weighted by Crippen LogP contribution is -2.65. The molecule has 0 bridgehead atoms. The van der Waals surface area contributed by atoms with E-state index in [-0.39, 0.29) is 46.9 Å². The maximum atomic E-state index is 14.4. The number of fused-ring (bicyclic) bond motifs is 1. The Kier molecular flexibility index (Phi) is 11.2. The van der Waals surface area contributed by atoms with Gasteiger partial charge in [0.25, 0.3) is 5.91 Å². The number of benzene rings is 1. The summed E-state index contributed by atoms with van der Waals surface area (Å²) < 4.78 is 38.7. The Hall–Kier alpha value is -4.56. The van der Waals surface area contributed by atoms with Crippen molar-refractivity contribution in [1.82, 2.24) is 29.7 Å². The minimum Gasteiger partial charge on any atom is -0.490 e. The number of carbonyl (C=O) groups is 2. The van der Waals surface area contributed by atoms with E-state index in [0.717, 1.165) is 75.4 Å². The van der Waals surface area contributed by atoms with Crippen LogP contribution in [0.2, 0.25) is 0 Å². The highest BCUT2D eigenvalue weighted by molar-refractivity contribution is 5.97. The van der Waals surface area contributed by atoms with E-state index in [1.54, 1.807) is 11.1 Å². The fourth-order valence-corrected chi connectivity index (χ4v) is 8.29. The minimum atomic E-state index is -0.543. The van der Waals surface area contributed by atoms with Crippen LogP contribution in [0.15, 0.2) is 43.0 Å². The first-order valence-electron chi connectivity index (χ1n) is 19.6. The Morgan fingerprint density at radius 2 is 1.89 bits per heavy atom. The Morgan fingerprint density at radius 3 is 2.64 bits per heavy atom. The number of nitrogens with zero attached hydrogens (tertiary/aromatic N) is 7. The molecule has 3 fully saturated rings. The predicted molar refractivity (Wildman–Crippen MR) is 204 cm³/mol. The quantitative estimate of drug-likeness (QED) is 0.225. The third kappa shape index (κ3) is 8.65. The average molecular weight is 760 g/mol. The maximum absolute atomic E-state index is 14.4. The van der Waals surface area contributed by atoms with Gasteiger partial charge in [-0.15, -0.1) is 0 Å². The van der Waals surface area contributed by atoms with Crippen LogP contribution in [0.4, 0.5) is 15.0 Å². The van der Waals surface area contributed by atoms with Gasteiger partial charge in [-0.25, -0.2) is 19.2 Å². The zero-order chi connectivity index (χ0) is 38.9. The SMILES string of the molecule is CCN(C(=O)c1cc(F)ccc1Oc1cncnc1N1CC2(CC(Oc3ccnc4c3CN(CC[C@@H]3COCCN3C(=O)OC(C)(C)C)CC4)C2)C1)C(C)C. The van der Waals surface area contributed by atoms with E-state index in [1.165, 1.54) is 24.5 Å². The van der Waals surface area contributed by atoms with Gasteiger partial charge in [-0.05, 0) is 85.1 Å². The van der Waals surface area contributed by atoms with E-state index in [9.17, 15) is 14.0 Å². The molecule has 2 saturated heterocycles. The molecule has 1 atom stereocenters. The second kappa shape index (κ2) is 15.9. The van der Waals surface area contributed by atoms with Crippen molar-refractivity contribution in [2.75, 3.05) is 57.4 Å². The molecular weight excluding hydrogens is 705 g/mol. The molecule has 0 N–H and O–H groups in total. The van der Waals surface area contributed by atoms with Crippen molar-refractivity contribution in [3.63, 3.8) is 0 Å². The predicted octanol–water partition coefficient (Wildman–Crippen LogP) is 6.11. The van der Waals surface area contributed by atoms with Crippen molar-refractivity contribution in [3.05, 3.63) is 65.6 Å². The molecule has 5 heterocycles. The van der Waals surface area contributed by atoms with Gasteiger partial charge in [-0.1, -0.05) is 0 Å². The molecule has 55 heavy (non-hydrogen) atoms. The van der Waals surface area contributed by atoms with E-state index in [2.05, 4.69) is 19.8 Å². The summed E-state index contributed by atoms with van der Waals surface area (Å²) in [5.74, 6) is 1.42. The normalized spacial score (nSPS) is 19.7. The van der Waals surface area contributed by atoms with Gasteiger partial charge in [-0.3, -0.25) is 14.7 Å². The van der Waals surface area contributed by atoms with Gasteiger partial charge in [0.1, 0.15) is 35.3 Å². The van der Waals surface area contributed by atoms with Gasteiger partial charge < -0.3 is 33.6 Å². The second-order valence-electron chi connectivity index (χ2n) is 16.6. The fraction of sp³-hybridized carbons (Fsp3) is 0.585. The van der Waals surface area contributed by atoms with Crippen molar-refractivity contribution < 1.29 is 32.9 Å². The summed E-state index contributed by atoms with van der Waals surface area (Å²) in [5.41, 5.74) is 1.96. The molecule has 296 valence electrons. The highest BCUT2D eigenvalue weighted by Gasteiger charge is 2.54. The van der Waals surface area contributed by atoms with E-state index in [4.69, 9.17) is 23.9 Å². The van der Waals surface area contributed by atoms with Crippen LogP contribution >= 0.6 is 0 Å². The molecule has 1 saturated carbocycles. The van der Waals surface area contributed by atoms with Crippen LogP contribution in [0.25, 0.3) is 0 Å². The van der Waals surface area contributed by atoms with Crippen LogP contribution in [0.5, 0.6) is 17.2 Å². The summed E-state index contributed by atoms with van der Waals surface area (Å²) in [6.45, 7) is 17.5. The number of halogens is 1. The van der Waals surface area contributed by atoms with Crippen molar-refractivity contribution in [1.29, 1.82) is 0 Å². The first-order chi connectivity index (χ1) is 26.3. The summed E-state index contributed by atoms with van der Waals surface area (Å²) in [6.07, 6.45) is 8.24. The Balaban J connectivity index is 0.942. The molecule has 7 rings (SSSR count). The molecule has 13 nitrogen and oxygen atoms in total. The lowest BCUT2D eigenvalue weighted by atomic mass is 9.61. The highest BCUT2D eigenvalue weighted by Crippen LogP contribution is 2.52. The van der Waals surface area contributed by atoms with E-state index in [0.29, 0.717) is 37.9 Å². The van der Waals surface area contributed by atoms with E-state index >= 15 is 0 Å². The monoisotopic (exact) mass is 759 g/mol. The molecule has 4 aliphatic rings. The molecule has 14 heteroatoms. The Bertz CT molecular complexity index is 1860. The number of hydrogen-bond donors (Lipinski definition) is 0. The third-order valence-corrected chi connectivity index (χ3v) is 11.0. The number of amides is 2. The van der Waals surface area contributed by atoms with Crippen molar-refractivity contribution >= 4 is 17.8 Å². The number of carbonyl (C=O) groups excluding carboxylic acids is 2. The summed E-state index contributed by atoms with van der Waals surface area (Å²) in [7, 11) is 0. The highest BCUT2D eigenvalue weighted by atomic mass is 19.1. The number of morpholine rings is 1. The van der Waals surface area contributed by atoms with Crippen molar-refractivity contribution in [2.24, 2.45) is 5.41 Å². The topological polar surface area (TPSA) is 123 Å². The van der Waals surface area contributed by atoms with E-state index in [1.807, 2.05) is 58.7 Å². The largest absolute Gasteiger partial charge is 0.490 e. The summed E-state index contributed by atoms with van der Waals surface area (Å²) in [5, 5.41) is 0. The first-order valence-corrected chi connectivity index (χ1v) is 19.6. The van der Waals surface area contributed by atoms with Crippen LogP contribution < -0.4 is 14.4 Å². The van der Waals surface area contributed by atoms with Gasteiger partial charge in [0, 0.05) is 81.1 Å². The zero-order valence-electron chi connectivity index (χ0n) is 32.9. The number of pyridine rings is 1. The minimum absolute atomic E-state index is 0.0288. The van der Waals surface area contributed by atoms with Crippen molar-refractivity contribution in [3.8, 4) is 17.2 Å². The molecule has 0 unspecified atom stereocenters. The Labute approximate surface area is 323 Å². The van der Waals surface area contributed by atoms with Crippen LogP contribution in [0.1, 0.15) is 82.4 Å². The fourth-order valence-electron chi connectivity index (χ4n) is 8.29. The maximum Gasteiger partial charge on any atom is 0.410 e. The first kappa shape index (κ1) is 38.7. The lowest BCUT2D eigenvalue weighted by molar-refractivity contribution is -0.0366. The molecule has 1 aromatic carbocycles. The van der Waals surface area contributed by atoms with Crippen molar-refractivity contribution in [2.45, 2.75) is 97.6 Å². The van der Waals surface area contributed by atoms with Gasteiger partial charge in [0.2, 0.25) is 0 Å². The number of anilines is 1. The molecule has 3 aromatic rings. The van der Waals surface area contributed by atoms with Crippen LogP contribution in [-0.2, 0) is 22.4 Å². The number of rotatable bonds is 11. The molecule has 1 spiro atoms. The van der Waals surface area contributed by atoms with Crippen LogP contribution in [-0.4, -0.2) is 118 Å². The molecule has 3 aliphatic heterocycles. The molecule has 2 amide bonds. The number of hydrogen-bond acceptors (Lipinski definition) is 11. The van der Waals surface area contributed by atoms with Crippen LogP contribution in [0.3, 0.4) is 0 Å². The summed E-state index contributed by atoms with van der Waals surface area (Å²) in [4.78, 5) is 47.9. The molecule has 2 aromatic heterocycles. The zero-order valence-corrected chi connectivity index (χ0v) is 32.9. The standard InChI is InChI=1S/C41H54FN7O6/c1-7-48(27(2)3)38(50)31-18-28(42)8-9-34(31)54-36-21-43-26-45-37(36)47-24-41(25-47)19-30(20-41)53-35-10-13-44-33-12-15-46(22-32(33)35)14-11-29-23-52-17-16-49(29)39(51)55-40(4,5)6/h8-10,13,18,21,26-27,29-30H,7,11-12,14-17,19-20,22-25H2,1-6H3/t29-/m1/s1. The van der Waals surface area contributed by atoms with Gasteiger partial charge in [0.05, 0.1) is 31.0 Å². The summed E-state index contributed by atoms with van der Waals surface area (Å²) >= 11 is 0. The second-order valence-corrected chi connectivity index (χ2v) is 16.6. The number of aromatic nitrogens is 3. The van der Waals surface area contributed by atoms with Gasteiger partial charge in [-0.2, -0.15) is 0 Å². The Morgan fingerprint density at radius 1 is 1.09 bits per heavy atom. The molecular formula is C41H54FN7O6. The lowest BCUT2D eigenvalue weighted by Gasteiger charge is -2.59. The summed E-state index contributed by atoms with van der Waals surface area (Å²) in [6, 6.07) is 5.91. The molecule has 0 radical (unpaired) electrons. The van der Waals surface area contributed by atoms with Gasteiger partial charge >= 0.3 is 6.09 Å². The van der Waals surface area contributed by atoms with Gasteiger partial charge in [0.15, 0.2) is 11.6 Å². The number of ether oxygens (including phenoxy) is 4. The van der Waals surface area contributed by atoms with E-state index < -0.39 is 11.4 Å².